The Morgan fingerprint density at radius 1 is 1.10 bits per heavy atom. The molecule has 2 saturated heterocycles. The maximum atomic E-state index is 13.0. The summed E-state index contributed by atoms with van der Waals surface area (Å²) >= 11 is 5.99. The number of benzene rings is 2. The second-order valence-electron chi connectivity index (χ2n) is 7.65. The number of urea groups is 1. The Labute approximate surface area is 183 Å². The van der Waals surface area contributed by atoms with Crippen molar-refractivity contribution in [1.82, 2.24) is 25.8 Å². The number of fused-ring (bicyclic) bond motifs is 3. The van der Waals surface area contributed by atoms with Crippen LogP contribution in [0.5, 0.6) is 0 Å². The van der Waals surface area contributed by atoms with E-state index in [1.165, 1.54) is 29.3 Å². The quantitative estimate of drug-likeness (QED) is 0.678. The Hall–Kier alpha value is -3.14. The van der Waals surface area contributed by atoms with Crippen molar-refractivity contribution >= 4 is 29.2 Å². The second-order valence-corrected chi connectivity index (χ2v) is 8.08. The molecule has 3 aliphatic heterocycles. The molecule has 3 heterocycles. The van der Waals surface area contributed by atoms with Gasteiger partial charge in [-0.05, 0) is 48.4 Å². The minimum atomic E-state index is -0.385. The lowest BCUT2D eigenvalue weighted by Gasteiger charge is -2.34. The van der Waals surface area contributed by atoms with Gasteiger partial charge in [0.05, 0.1) is 12.1 Å². The van der Waals surface area contributed by atoms with Gasteiger partial charge in [0.2, 0.25) is 5.91 Å². The van der Waals surface area contributed by atoms with Gasteiger partial charge < -0.3 is 10.3 Å². The van der Waals surface area contributed by atoms with Crippen molar-refractivity contribution < 1.29 is 14.0 Å². The first kappa shape index (κ1) is 19.8. The Morgan fingerprint density at radius 2 is 1.84 bits per heavy atom. The van der Waals surface area contributed by atoms with Crippen LogP contribution in [-0.2, 0) is 4.79 Å². The van der Waals surface area contributed by atoms with E-state index in [0.717, 1.165) is 12.0 Å². The molecule has 8 nitrogen and oxygen atoms in total. The van der Waals surface area contributed by atoms with Crippen LogP contribution in [0, 0.1) is 5.82 Å². The lowest BCUT2D eigenvalue weighted by atomic mass is 10.00. The van der Waals surface area contributed by atoms with Gasteiger partial charge in [-0.15, -0.1) is 0 Å². The van der Waals surface area contributed by atoms with Crippen molar-refractivity contribution in [3.63, 3.8) is 0 Å². The van der Waals surface area contributed by atoms with Crippen LogP contribution < -0.4 is 16.2 Å². The van der Waals surface area contributed by atoms with Gasteiger partial charge in [-0.3, -0.25) is 9.69 Å². The van der Waals surface area contributed by atoms with Crippen molar-refractivity contribution in [3.8, 4) is 0 Å². The number of nitrogens with zero attached hydrogens (tertiary/aromatic N) is 3. The number of halogens is 2. The fourth-order valence-electron chi connectivity index (χ4n) is 4.12. The average molecular weight is 443 g/mol. The summed E-state index contributed by atoms with van der Waals surface area (Å²) in [5.74, 6) is -0.763. The van der Waals surface area contributed by atoms with Gasteiger partial charge in [0.25, 0.3) is 0 Å². The average Bonchev–Trinajstić information content (AvgIpc) is 3.32. The zero-order valence-corrected chi connectivity index (χ0v) is 17.1. The van der Waals surface area contributed by atoms with E-state index in [1.54, 1.807) is 11.1 Å². The highest BCUT2D eigenvalue weighted by Crippen LogP contribution is 2.34. The maximum absolute atomic E-state index is 13.0. The van der Waals surface area contributed by atoms with Gasteiger partial charge in [-0.2, -0.15) is 0 Å². The fourth-order valence-corrected chi connectivity index (χ4v) is 4.25. The number of rotatable bonds is 4. The van der Waals surface area contributed by atoms with Gasteiger partial charge in [0.1, 0.15) is 18.5 Å². The molecule has 10 heteroatoms. The molecule has 5 rings (SSSR count). The summed E-state index contributed by atoms with van der Waals surface area (Å²) in [5, 5.41) is 6.64. The topological polar surface area (TPSA) is 80.0 Å². The first-order valence-electron chi connectivity index (χ1n) is 9.88. The second kappa shape index (κ2) is 7.84. The summed E-state index contributed by atoms with van der Waals surface area (Å²) in [5.41, 5.74) is 8.18. The third-order valence-corrected chi connectivity index (χ3v) is 5.89. The lowest BCUT2D eigenvalue weighted by molar-refractivity contribution is -0.117. The van der Waals surface area contributed by atoms with Crippen LogP contribution in [0.25, 0.3) is 0 Å². The van der Waals surface area contributed by atoms with E-state index >= 15 is 0 Å². The van der Waals surface area contributed by atoms with E-state index in [-0.39, 0.29) is 42.5 Å². The lowest BCUT2D eigenvalue weighted by Crippen LogP contribution is -2.54. The molecule has 160 valence electrons. The normalized spacial score (nSPS) is 24.4. The molecular formula is C21H20ClFN6O2. The number of carbonyl (C=O) groups is 2. The molecule has 2 aromatic carbocycles. The van der Waals surface area contributed by atoms with Crippen LogP contribution in [0.1, 0.15) is 18.0 Å². The number of hydrazine groups is 2. The molecular weight excluding hydrogens is 423 g/mol. The number of anilines is 1. The summed E-state index contributed by atoms with van der Waals surface area (Å²) in [6.45, 7) is -0.169. The molecule has 3 amide bonds. The van der Waals surface area contributed by atoms with Crippen LogP contribution in [-0.4, -0.2) is 45.6 Å². The van der Waals surface area contributed by atoms with E-state index < -0.39 is 0 Å². The molecule has 0 saturated carbocycles. The Balaban J connectivity index is 1.25. The van der Waals surface area contributed by atoms with Gasteiger partial charge >= 0.3 is 6.03 Å². The van der Waals surface area contributed by atoms with E-state index in [0.29, 0.717) is 10.7 Å². The summed E-state index contributed by atoms with van der Waals surface area (Å²) in [4.78, 5) is 26.8. The maximum Gasteiger partial charge on any atom is 0.340 e. The number of nitrogens with one attached hydrogen (secondary N) is 3. The molecule has 31 heavy (non-hydrogen) atoms. The van der Waals surface area contributed by atoms with Crippen LogP contribution in [0.4, 0.5) is 14.9 Å². The highest BCUT2D eigenvalue weighted by atomic mass is 35.5. The molecule has 2 aromatic rings. The number of carbonyl (C=O) groups excluding carboxylic acids is 2. The first-order chi connectivity index (χ1) is 15.0. The third kappa shape index (κ3) is 3.83. The zero-order chi connectivity index (χ0) is 21.5. The van der Waals surface area contributed by atoms with Crippen LogP contribution in [0.15, 0.2) is 60.9 Å². The minimum Gasteiger partial charge on any atom is -0.324 e. The number of amides is 3. The van der Waals surface area contributed by atoms with Crippen LogP contribution in [0.2, 0.25) is 5.02 Å². The van der Waals surface area contributed by atoms with Crippen LogP contribution in [0.3, 0.4) is 0 Å². The molecule has 0 spiro atoms. The van der Waals surface area contributed by atoms with Crippen molar-refractivity contribution in [3.05, 3.63) is 77.3 Å². The van der Waals surface area contributed by atoms with E-state index in [1.807, 2.05) is 35.5 Å². The van der Waals surface area contributed by atoms with Gasteiger partial charge in [0.15, 0.2) is 0 Å². The van der Waals surface area contributed by atoms with Gasteiger partial charge in [0, 0.05) is 23.1 Å². The van der Waals surface area contributed by atoms with E-state index in [9.17, 15) is 14.0 Å². The third-order valence-electron chi connectivity index (χ3n) is 5.63. The summed E-state index contributed by atoms with van der Waals surface area (Å²) in [7, 11) is 0. The predicted octanol–water partition coefficient (Wildman–Crippen LogP) is 2.79. The molecule has 3 aliphatic rings. The largest absolute Gasteiger partial charge is 0.340 e. The highest BCUT2D eigenvalue weighted by Gasteiger charge is 2.48. The van der Waals surface area contributed by atoms with Crippen molar-refractivity contribution in [2.75, 3.05) is 11.9 Å². The standard InChI is InChI=1S/C21H20ClFN6O2/c22-14-3-1-13(2-4-14)17-11-18-20-26-29(21(31)27(20)9-10-28(18)25-17)12-19(30)24-16-7-5-15(23)6-8-16/h1-10,17-18,20,25-26H,11-12H2,(H,24,30). The molecule has 0 aliphatic carbocycles. The molecule has 3 unspecified atom stereocenters. The zero-order valence-electron chi connectivity index (χ0n) is 16.3. The monoisotopic (exact) mass is 442 g/mol. The SMILES string of the molecule is O=C(CN1NC2C3CC(c4ccc(Cl)cc4)NN3C=CN2C1=O)Nc1ccc(F)cc1. The summed E-state index contributed by atoms with van der Waals surface area (Å²) in [6.07, 6.45) is 3.99. The number of hydrogen-bond donors (Lipinski definition) is 3. The first-order valence-corrected chi connectivity index (χ1v) is 10.3. The smallest absolute Gasteiger partial charge is 0.324 e. The molecule has 3 atom stereocenters. The van der Waals surface area contributed by atoms with Gasteiger partial charge in [-0.1, -0.05) is 23.7 Å². The predicted molar refractivity (Wildman–Crippen MR) is 113 cm³/mol. The van der Waals surface area contributed by atoms with E-state index in [2.05, 4.69) is 16.2 Å². The van der Waals surface area contributed by atoms with Crippen LogP contribution >= 0.6 is 11.6 Å². The Morgan fingerprint density at radius 3 is 2.58 bits per heavy atom. The van der Waals surface area contributed by atoms with Gasteiger partial charge in [-0.25, -0.2) is 25.0 Å². The van der Waals surface area contributed by atoms with Crippen molar-refractivity contribution in [1.29, 1.82) is 0 Å². The molecule has 3 N–H and O–H groups in total. The molecule has 0 radical (unpaired) electrons. The van der Waals surface area contributed by atoms with Crippen molar-refractivity contribution in [2.24, 2.45) is 0 Å². The summed E-state index contributed by atoms with van der Waals surface area (Å²) in [6, 6.07) is 12.9. The summed E-state index contributed by atoms with van der Waals surface area (Å²) < 4.78 is 13.0. The number of hydrogen-bond acceptors (Lipinski definition) is 5. The molecule has 0 bridgehead atoms. The fraction of sp³-hybridized carbons (Fsp3) is 0.238. The highest BCUT2D eigenvalue weighted by molar-refractivity contribution is 6.30. The molecule has 0 aromatic heterocycles. The van der Waals surface area contributed by atoms with Crippen molar-refractivity contribution in [2.45, 2.75) is 24.7 Å². The molecule has 2 fully saturated rings. The Kier molecular flexibility index (Phi) is 5.01. The minimum absolute atomic E-state index is 0.0141. The Bertz CT molecular complexity index is 1030. The van der Waals surface area contributed by atoms with E-state index in [4.69, 9.17) is 11.6 Å².